The van der Waals surface area contributed by atoms with Crippen LogP contribution in [0.2, 0.25) is 0 Å². The Balaban J connectivity index is 1.67. The van der Waals surface area contributed by atoms with Crippen LogP contribution in [0.15, 0.2) is 45.6 Å². The normalized spacial score (nSPS) is 28.8. The Labute approximate surface area is 285 Å². The second-order valence-corrected chi connectivity index (χ2v) is 11.5. The fourth-order valence-electron chi connectivity index (χ4n) is 6.73. The first-order valence-corrected chi connectivity index (χ1v) is 15.7. The van der Waals surface area contributed by atoms with Gasteiger partial charge in [-0.25, -0.2) is 0 Å². The third-order valence-electron chi connectivity index (χ3n) is 9.09. The van der Waals surface area contributed by atoms with Crippen LogP contribution >= 0.6 is 0 Å². The van der Waals surface area contributed by atoms with Crippen LogP contribution in [0.5, 0.6) is 17.2 Å². The number of hydrogen-bond donors (Lipinski definition) is 0. The standard InChI is InChI=1S/C35H46O14/c1-37-16-25-29(42-6)32(44-8)33(49-35-34(45-9)28(41-5)24(40-4)17-46-35)31(48-25)27-22(39-3)15-23-26(30(27)43-7)20(36)14-21(47-23)18-10-12-19(38-2)13-11-18/h10-15,24-25,28-29,31-35H,16-17H2,1-9H3. The van der Waals surface area contributed by atoms with E-state index in [4.69, 9.17) is 61.3 Å². The van der Waals surface area contributed by atoms with Gasteiger partial charge in [0.2, 0.25) is 0 Å². The average molecular weight is 691 g/mol. The molecule has 2 aliphatic rings. The fraction of sp³-hybridized carbons (Fsp3) is 0.571. The summed E-state index contributed by atoms with van der Waals surface area (Å²) < 4.78 is 77.8. The summed E-state index contributed by atoms with van der Waals surface area (Å²) >= 11 is 0. The summed E-state index contributed by atoms with van der Waals surface area (Å²) in [6.45, 7) is 0.338. The van der Waals surface area contributed by atoms with E-state index in [0.29, 0.717) is 28.4 Å². The molecule has 2 aliphatic heterocycles. The molecule has 9 unspecified atom stereocenters. The smallest absolute Gasteiger partial charge is 0.197 e. The Kier molecular flexibility index (Phi) is 12.5. The van der Waals surface area contributed by atoms with Crippen LogP contribution in [0, 0.1) is 0 Å². The number of fused-ring (bicyclic) bond motifs is 1. The second kappa shape index (κ2) is 16.6. The van der Waals surface area contributed by atoms with Gasteiger partial charge in [-0.3, -0.25) is 4.79 Å². The zero-order valence-corrected chi connectivity index (χ0v) is 29.3. The van der Waals surface area contributed by atoms with Crippen LogP contribution in [-0.4, -0.2) is 126 Å². The zero-order chi connectivity index (χ0) is 35.2. The first-order chi connectivity index (χ1) is 23.8. The monoisotopic (exact) mass is 690 g/mol. The maximum Gasteiger partial charge on any atom is 0.197 e. The van der Waals surface area contributed by atoms with Gasteiger partial charge in [0.05, 0.1) is 40.1 Å². The topological polar surface area (TPSA) is 141 Å². The van der Waals surface area contributed by atoms with Crippen LogP contribution in [-0.2, 0) is 42.6 Å². The van der Waals surface area contributed by atoms with Crippen LogP contribution in [0.1, 0.15) is 11.7 Å². The third kappa shape index (κ3) is 7.16. The summed E-state index contributed by atoms with van der Waals surface area (Å²) in [4.78, 5) is 13.9. The molecule has 2 fully saturated rings. The quantitative estimate of drug-likeness (QED) is 0.244. The highest BCUT2D eigenvalue weighted by atomic mass is 16.7. The molecule has 0 amide bonds. The summed E-state index contributed by atoms with van der Waals surface area (Å²) in [5.41, 5.74) is 0.995. The van der Waals surface area contributed by atoms with E-state index in [1.807, 2.05) is 0 Å². The van der Waals surface area contributed by atoms with Gasteiger partial charge in [-0.1, -0.05) is 0 Å². The Morgan fingerprint density at radius 1 is 0.735 bits per heavy atom. The molecule has 49 heavy (non-hydrogen) atoms. The molecule has 0 saturated carbocycles. The van der Waals surface area contributed by atoms with Crippen LogP contribution in [0.4, 0.5) is 0 Å². The molecule has 9 atom stereocenters. The van der Waals surface area contributed by atoms with Crippen molar-refractivity contribution in [2.45, 2.75) is 55.1 Å². The lowest BCUT2D eigenvalue weighted by atomic mass is 9.88. The van der Waals surface area contributed by atoms with Gasteiger partial charge >= 0.3 is 0 Å². The van der Waals surface area contributed by atoms with Gasteiger partial charge in [0.1, 0.15) is 82.8 Å². The summed E-state index contributed by atoms with van der Waals surface area (Å²) in [7, 11) is 13.9. The van der Waals surface area contributed by atoms with Crippen molar-refractivity contribution in [3.63, 3.8) is 0 Å². The molecular weight excluding hydrogens is 644 g/mol. The first-order valence-electron chi connectivity index (χ1n) is 15.7. The summed E-state index contributed by atoms with van der Waals surface area (Å²) in [6.07, 6.45) is -6.41. The molecule has 14 nitrogen and oxygen atoms in total. The molecule has 1 aromatic heterocycles. The SMILES string of the molecule is COCC1OC(c2c(OC)cc3oc(-c4ccc(OC)cc4)cc(=O)c3c2OC)C(OC2OCC(OC)C(OC)C2OC)C(OC)C1OC. The van der Waals surface area contributed by atoms with Crippen LogP contribution in [0.25, 0.3) is 22.3 Å². The van der Waals surface area contributed by atoms with Crippen molar-refractivity contribution in [1.29, 1.82) is 0 Å². The molecule has 0 radical (unpaired) electrons. The number of benzene rings is 2. The van der Waals surface area contributed by atoms with Crippen LogP contribution < -0.4 is 19.6 Å². The highest BCUT2D eigenvalue weighted by Gasteiger charge is 2.53. The Hall–Kier alpha value is -3.31. The molecule has 0 bridgehead atoms. The maximum absolute atomic E-state index is 13.9. The van der Waals surface area contributed by atoms with E-state index in [0.717, 1.165) is 0 Å². The lowest BCUT2D eigenvalue weighted by Gasteiger charge is -2.48. The van der Waals surface area contributed by atoms with Gasteiger partial charge in [0.15, 0.2) is 11.7 Å². The Bertz CT molecular complexity index is 1580. The van der Waals surface area contributed by atoms with E-state index in [1.165, 1.54) is 20.3 Å². The largest absolute Gasteiger partial charge is 0.497 e. The third-order valence-corrected chi connectivity index (χ3v) is 9.09. The van der Waals surface area contributed by atoms with Crippen LogP contribution in [0.3, 0.4) is 0 Å². The van der Waals surface area contributed by atoms with Crippen molar-refractivity contribution in [2.75, 3.05) is 77.2 Å². The minimum Gasteiger partial charge on any atom is -0.497 e. The van der Waals surface area contributed by atoms with Gasteiger partial charge in [-0.05, 0) is 24.3 Å². The molecule has 0 N–H and O–H groups in total. The second-order valence-electron chi connectivity index (χ2n) is 11.5. The molecule has 3 aromatic rings. The number of hydrogen-bond acceptors (Lipinski definition) is 14. The summed E-state index contributed by atoms with van der Waals surface area (Å²) in [6, 6.07) is 10.2. The highest BCUT2D eigenvalue weighted by molar-refractivity contribution is 5.88. The minimum absolute atomic E-state index is 0.162. The molecule has 14 heteroatoms. The lowest BCUT2D eigenvalue weighted by Crippen LogP contribution is -2.62. The Morgan fingerprint density at radius 2 is 1.43 bits per heavy atom. The molecule has 2 aromatic carbocycles. The van der Waals surface area contributed by atoms with E-state index < -0.39 is 55.1 Å². The van der Waals surface area contributed by atoms with E-state index in [-0.39, 0.29) is 35.4 Å². The molecule has 0 aliphatic carbocycles. The zero-order valence-electron chi connectivity index (χ0n) is 29.3. The maximum atomic E-state index is 13.9. The lowest BCUT2D eigenvalue weighted by molar-refractivity contribution is -0.334. The number of ether oxygens (including phenoxy) is 12. The van der Waals surface area contributed by atoms with Crippen molar-refractivity contribution in [3.8, 4) is 28.6 Å². The van der Waals surface area contributed by atoms with E-state index in [9.17, 15) is 4.79 Å². The highest BCUT2D eigenvalue weighted by Crippen LogP contribution is 2.48. The van der Waals surface area contributed by atoms with E-state index in [1.54, 1.807) is 80.1 Å². The molecule has 3 heterocycles. The number of methoxy groups -OCH3 is 9. The number of rotatable bonds is 14. The van der Waals surface area contributed by atoms with Crippen molar-refractivity contribution in [3.05, 3.63) is 52.2 Å². The van der Waals surface area contributed by atoms with E-state index in [2.05, 4.69) is 0 Å². The fourth-order valence-corrected chi connectivity index (χ4v) is 6.73. The van der Waals surface area contributed by atoms with Crippen molar-refractivity contribution >= 4 is 11.0 Å². The molecule has 0 spiro atoms. The van der Waals surface area contributed by atoms with Crippen molar-refractivity contribution in [1.82, 2.24) is 0 Å². The molecule has 270 valence electrons. The van der Waals surface area contributed by atoms with Gasteiger partial charge in [0, 0.05) is 60.4 Å². The predicted molar refractivity (Wildman–Crippen MR) is 176 cm³/mol. The predicted octanol–water partition coefficient (Wildman–Crippen LogP) is 3.39. The molecule has 5 rings (SSSR count). The van der Waals surface area contributed by atoms with Crippen molar-refractivity contribution < 1.29 is 61.3 Å². The average Bonchev–Trinajstić information content (AvgIpc) is 3.13. The van der Waals surface area contributed by atoms with Gasteiger partial charge < -0.3 is 61.3 Å². The van der Waals surface area contributed by atoms with Gasteiger partial charge in [0.25, 0.3) is 0 Å². The minimum atomic E-state index is -0.964. The van der Waals surface area contributed by atoms with Crippen molar-refractivity contribution in [2.24, 2.45) is 0 Å². The molecule has 2 saturated heterocycles. The molecular formula is C35H46O14. The first kappa shape index (κ1) is 37.0. The van der Waals surface area contributed by atoms with Gasteiger partial charge in [-0.15, -0.1) is 0 Å². The summed E-state index contributed by atoms with van der Waals surface area (Å²) in [5.74, 6) is 1.54. The van der Waals surface area contributed by atoms with E-state index >= 15 is 0 Å². The van der Waals surface area contributed by atoms with Gasteiger partial charge in [-0.2, -0.15) is 0 Å². The summed E-state index contributed by atoms with van der Waals surface area (Å²) in [5, 5.41) is 0.190. The Morgan fingerprint density at radius 3 is 2.00 bits per heavy atom.